The summed E-state index contributed by atoms with van der Waals surface area (Å²) in [5.41, 5.74) is 0.572. The van der Waals surface area contributed by atoms with Gasteiger partial charge in [0, 0.05) is 11.6 Å². The maximum Gasteiger partial charge on any atom is 0.293 e. The summed E-state index contributed by atoms with van der Waals surface area (Å²) in [6.45, 7) is 0.166. The van der Waals surface area contributed by atoms with Crippen LogP contribution in [0.2, 0.25) is 0 Å². The number of methoxy groups -OCH3 is 3. The lowest BCUT2D eigenvalue weighted by atomic mass is 10.1. The van der Waals surface area contributed by atoms with Crippen LogP contribution in [0.25, 0.3) is 6.08 Å². The Hall–Kier alpha value is -3.20. The normalized spacial score (nSPS) is 14.9. The van der Waals surface area contributed by atoms with E-state index in [4.69, 9.17) is 18.9 Å². The van der Waals surface area contributed by atoms with Gasteiger partial charge in [-0.2, -0.15) is 0 Å². The maximum atomic E-state index is 12.9. The predicted molar refractivity (Wildman–Crippen MR) is 111 cm³/mol. The Morgan fingerprint density at radius 2 is 1.60 bits per heavy atom. The Kier molecular flexibility index (Phi) is 6.83. The van der Waals surface area contributed by atoms with E-state index in [-0.39, 0.29) is 23.9 Å². The monoisotopic (exact) mass is 433 g/mol. The number of carbonyl (C=O) groups excluding carboxylic acids is 2. The Labute approximate surface area is 177 Å². The topological polar surface area (TPSA) is 74.3 Å². The van der Waals surface area contributed by atoms with Crippen molar-refractivity contribution in [3.05, 3.63) is 52.7 Å². The van der Waals surface area contributed by atoms with E-state index in [2.05, 4.69) is 0 Å². The second kappa shape index (κ2) is 9.53. The van der Waals surface area contributed by atoms with Crippen molar-refractivity contribution in [1.29, 1.82) is 0 Å². The number of nitrogens with zero attached hydrogens (tertiary/aromatic N) is 1. The van der Waals surface area contributed by atoms with Crippen LogP contribution < -0.4 is 18.9 Å². The van der Waals surface area contributed by atoms with E-state index >= 15 is 0 Å². The molecule has 9 heteroatoms. The molecule has 0 aromatic heterocycles. The van der Waals surface area contributed by atoms with Gasteiger partial charge in [-0.25, -0.2) is 4.39 Å². The van der Waals surface area contributed by atoms with Crippen molar-refractivity contribution in [1.82, 2.24) is 4.90 Å². The van der Waals surface area contributed by atoms with Crippen LogP contribution in [-0.2, 0) is 4.79 Å². The summed E-state index contributed by atoms with van der Waals surface area (Å²) in [5, 5.41) is -0.395. The first-order chi connectivity index (χ1) is 14.5. The van der Waals surface area contributed by atoms with Gasteiger partial charge in [-0.15, -0.1) is 0 Å². The van der Waals surface area contributed by atoms with Gasteiger partial charge in [0.15, 0.2) is 11.5 Å². The van der Waals surface area contributed by atoms with Gasteiger partial charge in [0.1, 0.15) is 23.9 Å². The number of carbonyl (C=O) groups is 2. The van der Waals surface area contributed by atoms with E-state index < -0.39 is 11.1 Å². The molecule has 2 amide bonds. The predicted octanol–water partition coefficient (Wildman–Crippen LogP) is 3.97. The Bertz CT molecular complexity index is 976. The van der Waals surface area contributed by atoms with Crippen LogP contribution in [0.3, 0.4) is 0 Å². The van der Waals surface area contributed by atoms with Gasteiger partial charge in [-0.1, -0.05) is 0 Å². The zero-order valence-corrected chi connectivity index (χ0v) is 17.5. The quantitative estimate of drug-likeness (QED) is 0.583. The second-order valence-electron chi connectivity index (χ2n) is 6.08. The van der Waals surface area contributed by atoms with E-state index in [1.165, 1.54) is 45.6 Å². The van der Waals surface area contributed by atoms with Gasteiger partial charge in [-0.3, -0.25) is 14.5 Å². The molecular weight excluding hydrogens is 413 g/mol. The Balaban J connectivity index is 1.73. The second-order valence-corrected chi connectivity index (χ2v) is 7.08. The summed E-state index contributed by atoms with van der Waals surface area (Å²) in [7, 11) is 4.51. The fraction of sp³-hybridized carbons (Fsp3) is 0.238. The van der Waals surface area contributed by atoms with E-state index in [0.717, 1.165) is 16.7 Å². The largest absolute Gasteiger partial charge is 0.496 e. The summed E-state index contributed by atoms with van der Waals surface area (Å²) in [5.74, 6) is 1.08. The molecule has 3 rings (SSSR count). The molecule has 1 aliphatic heterocycles. The molecular formula is C21H20FNO6S. The van der Waals surface area contributed by atoms with Crippen molar-refractivity contribution in [3.63, 3.8) is 0 Å². The van der Waals surface area contributed by atoms with E-state index in [1.807, 2.05) is 0 Å². The van der Waals surface area contributed by atoms with Crippen molar-refractivity contribution in [2.24, 2.45) is 0 Å². The average Bonchev–Trinajstić information content (AvgIpc) is 3.02. The fourth-order valence-electron chi connectivity index (χ4n) is 2.79. The molecule has 0 radical (unpaired) electrons. The van der Waals surface area contributed by atoms with E-state index in [1.54, 1.807) is 18.2 Å². The molecule has 7 nitrogen and oxygen atoms in total. The molecule has 0 bridgehead atoms. The first-order valence-corrected chi connectivity index (χ1v) is 9.72. The third kappa shape index (κ3) is 4.68. The van der Waals surface area contributed by atoms with Gasteiger partial charge < -0.3 is 18.9 Å². The first-order valence-electron chi connectivity index (χ1n) is 8.90. The van der Waals surface area contributed by atoms with Crippen LogP contribution in [0, 0.1) is 5.82 Å². The summed E-state index contributed by atoms with van der Waals surface area (Å²) in [6, 6.07) is 8.82. The molecule has 0 aliphatic carbocycles. The van der Waals surface area contributed by atoms with Crippen LogP contribution in [0.5, 0.6) is 23.0 Å². The molecule has 0 unspecified atom stereocenters. The highest BCUT2D eigenvalue weighted by Gasteiger charge is 2.35. The number of hydrogen-bond donors (Lipinski definition) is 0. The van der Waals surface area contributed by atoms with Gasteiger partial charge in [-0.05, 0) is 48.2 Å². The zero-order valence-electron chi connectivity index (χ0n) is 16.6. The SMILES string of the molecule is COc1cc(OC)c(OC)cc1/C=C1\SC(=O)N(CCOc2ccc(F)cc2)C1=O. The number of imide groups is 1. The van der Waals surface area contributed by atoms with Crippen LogP contribution in [-0.4, -0.2) is 50.5 Å². The summed E-state index contributed by atoms with van der Waals surface area (Å²) < 4.78 is 34.3. The molecule has 158 valence electrons. The number of benzene rings is 2. The van der Waals surface area contributed by atoms with Gasteiger partial charge in [0.25, 0.3) is 11.1 Å². The molecule has 1 heterocycles. The Morgan fingerprint density at radius 3 is 2.23 bits per heavy atom. The van der Waals surface area contributed by atoms with Crippen LogP contribution in [0.1, 0.15) is 5.56 Å². The molecule has 0 spiro atoms. The van der Waals surface area contributed by atoms with Crippen molar-refractivity contribution in [3.8, 4) is 23.0 Å². The zero-order chi connectivity index (χ0) is 21.7. The first kappa shape index (κ1) is 21.5. The molecule has 30 heavy (non-hydrogen) atoms. The molecule has 2 aromatic carbocycles. The minimum absolute atomic E-state index is 0.0719. The van der Waals surface area contributed by atoms with Gasteiger partial charge >= 0.3 is 0 Å². The summed E-state index contributed by atoms with van der Waals surface area (Å²) >= 11 is 0.833. The molecule has 1 fully saturated rings. The third-order valence-corrected chi connectivity index (χ3v) is 5.20. The highest BCUT2D eigenvalue weighted by atomic mass is 32.2. The lowest BCUT2D eigenvalue weighted by Crippen LogP contribution is -2.32. The van der Waals surface area contributed by atoms with Crippen molar-refractivity contribution in [2.75, 3.05) is 34.5 Å². The highest BCUT2D eigenvalue weighted by molar-refractivity contribution is 8.18. The molecule has 1 aliphatic rings. The molecule has 2 aromatic rings. The smallest absolute Gasteiger partial charge is 0.293 e. The van der Waals surface area contributed by atoms with Crippen molar-refractivity contribution < 1.29 is 32.9 Å². The van der Waals surface area contributed by atoms with E-state index in [9.17, 15) is 14.0 Å². The number of halogens is 1. The number of hydrogen-bond acceptors (Lipinski definition) is 7. The fourth-order valence-corrected chi connectivity index (χ4v) is 3.64. The maximum absolute atomic E-state index is 12.9. The minimum Gasteiger partial charge on any atom is -0.496 e. The highest BCUT2D eigenvalue weighted by Crippen LogP contribution is 2.38. The standard InChI is InChI=1S/C21H20FNO6S/c1-26-16-12-18(28-3)17(27-2)10-13(16)11-19-20(24)23(21(25)30-19)8-9-29-15-6-4-14(22)5-7-15/h4-7,10-12H,8-9H2,1-3H3/b19-11-. The van der Waals surface area contributed by atoms with E-state index in [0.29, 0.717) is 28.6 Å². The van der Waals surface area contributed by atoms with Crippen LogP contribution >= 0.6 is 11.8 Å². The number of thioether (sulfide) groups is 1. The Morgan fingerprint density at radius 1 is 0.967 bits per heavy atom. The lowest BCUT2D eigenvalue weighted by molar-refractivity contribution is -0.123. The molecule has 0 atom stereocenters. The minimum atomic E-state index is -0.426. The van der Waals surface area contributed by atoms with Gasteiger partial charge in [0.2, 0.25) is 0 Å². The molecule has 1 saturated heterocycles. The summed E-state index contributed by atoms with van der Waals surface area (Å²) in [4.78, 5) is 26.4. The number of amides is 2. The number of ether oxygens (including phenoxy) is 4. The lowest BCUT2D eigenvalue weighted by Gasteiger charge is -2.13. The summed E-state index contributed by atoms with van der Waals surface area (Å²) in [6.07, 6.45) is 1.58. The van der Waals surface area contributed by atoms with Crippen LogP contribution in [0.15, 0.2) is 41.3 Å². The van der Waals surface area contributed by atoms with Crippen molar-refractivity contribution >= 4 is 29.0 Å². The number of rotatable bonds is 8. The van der Waals surface area contributed by atoms with Gasteiger partial charge in [0.05, 0.1) is 32.8 Å². The van der Waals surface area contributed by atoms with Crippen molar-refractivity contribution in [2.45, 2.75) is 0 Å². The molecule has 0 N–H and O–H groups in total. The third-order valence-electron chi connectivity index (χ3n) is 4.29. The average molecular weight is 433 g/mol. The molecule has 0 saturated carbocycles. The van der Waals surface area contributed by atoms with Crippen LogP contribution in [0.4, 0.5) is 9.18 Å².